The van der Waals surface area contributed by atoms with Crippen LogP contribution in [0.3, 0.4) is 0 Å². The van der Waals surface area contributed by atoms with Gasteiger partial charge in [0, 0.05) is 11.4 Å². The first-order valence-corrected chi connectivity index (χ1v) is 8.56. The molecule has 8 heteroatoms. The second-order valence-corrected chi connectivity index (χ2v) is 7.24. The molecule has 0 fully saturated rings. The summed E-state index contributed by atoms with van der Waals surface area (Å²) in [6.45, 7) is 3.68. The van der Waals surface area contributed by atoms with Gasteiger partial charge in [-0.05, 0) is 47.9 Å². The molecule has 0 aliphatic carbocycles. The summed E-state index contributed by atoms with van der Waals surface area (Å²) in [4.78, 5) is 3.12. The molecule has 116 valence electrons. The number of likely N-dealkylation sites (N-methyl/N-ethyl adjacent to an activating group) is 1. The number of nitrogens with two attached hydrogens (primary N) is 1. The molecule has 2 rings (SSSR count). The zero-order valence-corrected chi connectivity index (χ0v) is 15.4. The first kappa shape index (κ1) is 16.9. The summed E-state index contributed by atoms with van der Waals surface area (Å²) < 4.78 is 2.88. The van der Waals surface area contributed by atoms with E-state index in [2.05, 4.69) is 31.4 Å². The molecule has 2 heterocycles. The molecule has 1 atom stereocenters. The summed E-state index contributed by atoms with van der Waals surface area (Å²) in [6.07, 6.45) is 1.80. The fourth-order valence-electron chi connectivity index (χ4n) is 2.06. The largest absolute Gasteiger partial charge is 0.308 e. The summed E-state index contributed by atoms with van der Waals surface area (Å²) in [5.74, 6) is 5.79. The molecule has 5 nitrogen and oxygen atoms in total. The zero-order valence-electron chi connectivity index (χ0n) is 12.2. The van der Waals surface area contributed by atoms with Crippen LogP contribution >= 0.6 is 38.9 Å². The van der Waals surface area contributed by atoms with E-state index < -0.39 is 0 Å². The number of aryl methyl sites for hydroxylation is 1. The molecule has 1 unspecified atom stereocenters. The molecule has 0 saturated heterocycles. The van der Waals surface area contributed by atoms with Gasteiger partial charge in [0.15, 0.2) is 0 Å². The molecule has 21 heavy (non-hydrogen) atoms. The van der Waals surface area contributed by atoms with Crippen LogP contribution in [0.5, 0.6) is 0 Å². The van der Waals surface area contributed by atoms with Crippen LogP contribution in [0.4, 0.5) is 0 Å². The van der Waals surface area contributed by atoms with Crippen LogP contribution in [0, 0.1) is 6.92 Å². The predicted octanol–water partition coefficient (Wildman–Crippen LogP) is 2.78. The monoisotopic (exact) mass is 391 g/mol. The Morgan fingerprint density at radius 3 is 2.81 bits per heavy atom. The highest BCUT2D eigenvalue weighted by Gasteiger charge is 2.25. The Bertz CT molecular complexity index is 610. The van der Waals surface area contributed by atoms with Gasteiger partial charge in [0.2, 0.25) is 0 Å². The highest BCUT2D eigenvalue weighted by Crippen LogP contribution is 2.37. The van der Waals surface area contributed by atoms with Crippen LogP contribution < -0.4 is 11.3 Å². The van der Waals surface area contributed by atoms with Crippen LogP contribution in [0.25, 0.3) is 0 Å². The van der Waals surface area contributed by atoms with Crippen molar-refractivity contribution in [1.82, 2.24) is 20.1 Å². The first-order valence-electron chi connectivity index (χ1n) is 6.51. The van der Waals surface area contributed by atoms with Crippen LogP contribution in [0.15, 0.2) is 16.0 Å². The second kappa shape index (κ2) is 7.21. The summed E-state index contributed by atoms with van der Waals surface area (Å²) >= 11 is 11.6. The molecule has 0 bridgehead atoms. The molecular weight excluding hydrogens is 374 g/mol. The Labute approximate surface area is 142 Å². The Morgan fingerprint density at radius 1 is 1.57 bits per heavy atom. The van der Waals surface area contributed by atoms with E-state index in [1.807, 2.05) is 31.1 Å². The van der Waals surface area contributed by atoms with Gasteiger partial charge < -0.3 is 4.90 Å². The quantitative estimate of drug-likeness (QED) is 0.586. The van der Waals surface area contributed by atoms with E-state index in [0.717, 1.165) is 38.7 Å². The number of halogens is 2. The maximum Gasteiger partial charge on any atom is 0.0996 e. The Kier molecular flexibility index (Phi) is 5.81. The second-order valence-electron chi connectivity index (χ2n) is 5.10. The topological polar surface area (TPSA) is 59.1 Å². The molecule has 2 aromatic heterocycles. The van der Waals surface area contributed by atoms with Crippen LogP contribution in [-0.4, -0.2) is 35.3 Å². The summed E-state index contributed by atoms with van der Waals surface area (Å²) in [5, 5.41) is 7.23. The standard InChI is InChI=1S/C13H19BrClN5S/c1-8-7-21-13(10(8)15)11(18-16)12-9(14)6-17-20(12)5-4-19(2)3/h6-7,11,18H,4-5,16H2,1-3H3. The third-order valence-electron chi connectivity index (χ3n) is 3.22. The lowest BCUT2D eigenvalue weighted by molar-refractivity contribution is 0.365. The fourth-order valence-corrected chi connectivity index (χ4v) is 3.94. The molecule has 2 aromatic rings. The minimum absolute atomic E-state index is 0.185. The van der Waals surface area contributed by atoms with E-state index >= 15 is 0 Å². The number of hydrogen-bond donors (Lipinski definition) is 2. The van der Waals surface area contributed by atoms with Gasteiger partial charge in [0.25, 0.3) is 0 Å². The number of nitrogens with one attached hydrogen (secondary N) is 1. The fraction of sp³-hybridized carbons (Fsp3) is 0.462. The Hall–Kier alpha value is -0.440. The lowest BCUT2D eigenvalue weighted by atomic mass is 10.1. The minimum Gasteiger partial charge on any atom is -0.308 e. The van der Waals surface area contributed by atoms with Crippen molar-refractivity contribution in [3.05, 3.63) is 37.2 Å². The maximum absolute atomic E-state index is 6.39. The molecule has 0 radical (unpaired) electrons. The third-order valence-corrected chi connectivity index (χ3v) is 5.61. The number of nitrogens with zero attached hydrogens (tertiary/aromatic N) is 3. The average molecular weight is 393 g/mol. The highest BCUT2D eigenvalue weighted by molar-refractivity contribution is 9.10. The van der Waals surface area contributed by atoms with E-state index in [4.69, 9.17) is 17.4 Å². The Morgan fingerprint density at radius 2 is 2.29 bits per heavy atom. The van der Waals surface area contributed by atoms with Gasteiger partial charge in [-0.15, -0.1) is 11.3 Å². The van der Waals surface area contributed by atoms with Crippen LogP contribution in [0.2, 0.25) is 5.02 Å². The van der Waals surface area contributed by atoms with E-state index in [9.17, 15) is 0 Å². The number of rotatable bonds is 6. The number of hydrazine groups is 1. The normalized spacial score (nSPS) is 13.1. The molecule has 0 spiro atoms. The third kappa shape index (κ3) is 3.67. The van der Waals surface area contributed by atoms with Crippen molar-refractivity contribution in [3.8, 4) is 0 Å². The average Bonchev–Trinajstić information content (AvgIpc) is 2.96. The van der Waals surface area contributed by atoms with Crippen molar-refractivity contribution in [2.75, 3.05) is 20.6 Å². The van der Waals surface area contributed by atoms with E-state index in [1.165, 1.54) is 0 Å². The van der Waals surface area contributed by atoms with E-state index in [-0.39, 0.29) is 6.04 Å². The molecule has 0 aromatic carbocycles. The highest BCUT2D eigenvalue weighted by atomic mass is 79.9. The van der Waals surface area contributed by atoms with Crippen molar-refractivity contribution >= 4 is 38.9 Å². The number of hydrogen-bond acceptors (Lipinski definition) is 5. The molecule has 0 aliphatic heterocycles. The summed E-state index contributed by atoms with van der Waals surface area (Å²) in [7, 11) is 4.08. The smallest absolute Gasteiger partial charge is 0.0996 e. The van der Waals surface area contributed by atoms with Gasteiger partial charge in [-0.2, -0.15) is 5.10 Å². The van der Waals surface area contributed by atoms with Crippen LogP contribution in [-0.2, 0) is 6.54 Å². The maximum atomic E-state index is 6.39. The van der Waals surface area contributed by atoms with Crippen molar-refractivity contribution in [2.45, 2.75) is 19.5 Å². The van der Waals surface area contributed by atoms with Gasteiger partial charge in [0.1, 0.15) is 0 Å². The molecular formula is C13H19BrClN5S. The van der Waals surface area contributed by atoms with Gasteiger partial charge in [-0.3, -0.25) is 10.5 Å². The molecule has 0 saturated carbocycles. The lowest BCUT2D eigenvalue weighted by Crippen LogP contribution is -2.31. The predicted molar refractivity (Wildman–Crippen MR) is 91.7 cm³/mol. The minimum atomic E-state index is -0.185. The molecule has 3 N–H and O–H groups in total. The molecule has 0 aliphatic rings. The SMILES string of the molecule is Cc1csc(C(NN)c2c(Br)cnn2CCN(C)C)c1Cl. The number of thiophene rings is 1. The van der Waals surface area contributed by atoms with Gasteiger partial charge >= 0.3 is 0 Å². The van der Waals surface area contributed by atoms with E-state index in [1.54, 1.807) is 17.5 Å². The van der Waals surface area contributed by atoms with Gasteiger partial charge in [-0.25, -0.2) is 5.43 Å². The molecule has 0 amide bonds. The van der Waals surface area contributed by atoms with Crippen LogP contribution in [0.1, 0.15) is 22.2 Å². The van der Waals surface area contributed by atoms with E-state index in [0.29, 0.717) is 0 Å². The van der Waals surface area contributed by atoms with Crippen molar-refractivity contribution < 1.29 is 0 Å². The summed E-state index contributed by atoms with van der Waals surface area (Å²) in [6, 6.07) is -0.185. The van der Waals surface area contributed by atoms with Gasteiger partial charge in [0.05, 0.1) is 34.0 Å². The number of aromatic nitrogens is 2. The van der Waals surface area contributed by atoms with Crippen molar-refractivity contribution in [2.24, 2.45) is 5.84 Å². The zero-order chi connectivity index (χ0) is 15.6. The first-order chi connectivity index (χ1) is 9.95. The lowest BCUT2D eigenvalue weighted by Gasteiger charge is -2.19. The van der Waals surface area contributed by atoms with Crippen molar-refractivity contribution in [1.29, 1.82) is 0 Å². The summed E-state index contributed by atoms with van der Waals surface area (Å²) in [5.41, 5.74) is 4.92. The van der Waals surface area contributed by atoms with Gasteiger partial charge in [-0.1, -0.05) is 11.6 Å². The van der Waals surface area contributed by atoms with Crippen molar-refractivity contribution in [3.63, 3.8) is 0 Å². The Balaban J connectivity index is 2.38.